The summed E-state index contributed by atoms with van der Waals surface area (Å²) in [5, 5.41) is 13.9. The van der Waals surface area contributed by atoms with Crippen molar-refractivity contribution in [2.24, 2.45) is 0 Å². The number of aliphatic hydroxyl groups is 1. The zero-order chi connectivity index (χ0) is 27.7. The second-order valence-electron chi connectivity index (χ2n) is 11.1. The number of ether oxygens (including phenoxy) is 1. The Morgan fingerprint density at radius 1 is 0.950 bits per heavy atom. The van der Waals surface area contributed by atoms with Crippen LogP contribution in [0, 0.1) is 0 Å². The minimum atomic E-state index is -0.740. The van der Waals surface area contributed by atoms with Crippen molar-refractivity contribution in [2.45, 2.75) is 57.0 Å². The minimum absolute atomic E-state index is 0.127. The average Bonchev–Trinajstić information content (AvgIpc) is 3.31. The number of allylic oxidation sites excluding steroid dienone is 1. The van der Waals surface area contributed by atoms with Gasteiger partial charge in [-0.3, -0.25) is 14.5 Å². The normalized spacial score (nSPS) is 20.8. The van der Waals surface area contributed by atoms with Gasteiger partial charge < -0.3 is 20.1 Å². The summed E-state index contributed by atoms with van der Waals surface area (Å²) in [4.78, 5) is 29.7. The SMILES string of the molecule is C=C1CCC(N2Cc3c(OCc4ccc(CN5CCC(O)(c6ccccc6)CC5)cc4)cccc3C2=O)C(=O)N1. The van der Waals surface area contributed by atoms with Gasteiger partial charge in [0.25, 0.3) is 5.91 Å². The number of nitrogens with one attached hydrogen (secondary N) is 1. The first-order valence-corrected chi connectivity index (χ1v) is 14.0. The van der Waals surface area contributed by atoms with Gasteiger partial charge in [0.1, 0.15) is 18.4 Å². The second-order valence-corrected chi connectivity index (χ2v) is 11.1. The lowest BCUT2D eigenvalue weighted by atomic mass is 9.84. The molecule has 0 spiro atoms. The molecule has 3 aliphatic rings. The molecular formula is C33H35N3O4. The predicted octanol–water partition coefficient (Wildman–Crippen LogP) is 4.50. The molecule has 2 saturated heterocycles. The topological polar surface area (TPSA) is 82.1 Å². The van der Waals surface area contributed by atoms with Crippen molar-refractivity contribution in [3.05, 3.63) is 113 Å². The summed E-state index contributed by atoms with van der Waals surface area (Å²) < 4.78 is 6.19. The third-order valence-electron chi connectivity index (χ3n) is 8.47. The van der Waals surface area contributed by atoms with Gasteiger partial charge in [0.05, 0.1) is 12.1 Å². The number of fused-ring (bicyclic) bond motifs is 1. The predicted molar refractivity (Wildman–Crippen MR) is 152 cm³/mol. The maximum Gasteiger partial charge on any atom is 0.255 e. The molecule has 3 aromatic rings. The number of hydrogen-bond donors (Lipinski definition) is 2. The summed E-state index contributed by atoms with van der Waals surface area (Å²) in [5.74, 6) is 0.381. The van der Waals surface area contributed by atoms with E-state index < -0.39 is 11.6 Å². The number of carbonyl (C=O) groups excluding carboxylic acids is 2. The molecule has 6 rings (SSSR count). The number of piperidine rings is 2. The molecule has 2 N–H and O–H groups in total. The van der Waals surface area contributed by atoms with Gasteiger partial charge in [0.15, 0.2) is 0 Å². The molecule has 0 saturated carbocycles. The smallest absolute Gasteiger partial charge is 0.255 e. The lowest BCUT2D eigenvalue weighted by Crippen LogP contribution is -2.49. The number of hydrogen-bond acceptors (Lipinski definition) is 5. The van der Waals surface area contributed by atoms with Gasteiger partial charge in [0.2, 0.25) is 5.91 Å². The standard InChI is InChI=1S/C33H35N3O4/c1-23-10-15-29(31(37)34-23)36-21-28-27(32(36)38)8-5-9-30(28)40-22-25-13-11-24(12-14-25)20-35-18-16-33(39,17-19-35)26-6-3-2-4-7-26/h2-9,11-14,29,39H,1,10,15-22H2,(H,34,37). The first kappa shape index (κ1) is 26.3. The van der Waals surface area contributed by atoms with Crippen LogP contribution in [0.4, 0.5) is 0 Å². The van der Waals surface area contributed by atoms with Gasteiger partial charge in [-0.2, -0.15) is 0 Å². The monoisotopic (exact) mass is 537 g/mol. The Morgan fingerprint density at radius 3 is 2.40 bits per heavy atom. The number of amides is 2. The highest BCUT2D eigenvalue weighted by Gasteiger charge is 2.39. The van der Waals surface area contributed by atoms with Gasteiger partial charge >= 0.3 is 0 Å². The van der Waals surface area contributed by atoms with Crippen molar-refractivity contribution in [2.75, 3.05) is 13.1 Å². The van der Waals surface area contributed by atoms with Crippen LogP contribution >= 0.6 is 0 Å². The zero-order valence-electron chi connectivity index (χ0n) is 22.6. The average molecular weight is 538 g/mol. The van der Waals surface area contributed by atoms with E-state index in [1.807, 2.05) is 42.5 Å². The van der Waals surface area contributed by atoms with Crippen molar-refractivity contribution in [1.82, 2.24) is 15.1 Å². The summed E-state index contributed by atoms with van der Waals surface area (Å²) in [6, 6.07) is 23.4. The highest BCUT2D eigenvalue weighted by atomic mass is 16.5. The molecule has 0 aliphatic carbocycles. The number of nitrogens with zero attached hydrogens (tertiary/aromatic N) is 2. The van der Waals surface area contributed by atoms with Gasteiger partial charge in [-0.05, 0) is 54.5 Å². The maximum atomic E-state index is 13.1. The van der Waals surface area contributed by atoms with Crippen LogP contribution in [-0.2, 0) is 30.1 Å². The van der Waals surface area contributed by atoms with E-state index in [1.165, 1.54) is 5.56 Å². The molecule has 1 atom stereocenters. The Labute approximate surface area is 235 Å². The first-order valence-electron chi connectivity index (χ1n) is 14.0. The van der Waals surface area contributed by atoms with Crippen LogP contribution in [0.3, 0.4) is 0 Å². The van der Waals surface area contributed by atoms with Crippen LogP contribution in [0.2, 0.25) is 0 Å². The minimum Gasteiger partial charge on any atom is -0.489 e. The summed E-state index contributed by atoms with van der Waals surface area (Å²) >= 11 is 0. The third-order valence-corrected chi connectivity index (χ3v) is 8.47. The molecule has 0 bridgehead atoms. The molecule has 2 amide bonds. The molecule has 0 radical (unpaired) electrons. The van der Waals surface area contributed by atoms with Gasteiger partial charge in [0, 0.05) is 36.5 Å². The van der Waals surface area contributed by atoms with E-state index in [0.717, 1.165) is 49.2 Å². The van der Waals surface area contributed by atoms with Gasteiger partial charge in [-0.1, -0.05) is 67.2 Å². The van der Waals surface area contributed by atoms with Gasteiger partial charge in [-0.15, -0.1) is 0 Å². The Kier molecular flexibility index (Phi) is 7.17. The van der Waals surface area contributed by atoms with Crippen LogP contribution in [0.1, 0.15) is 58.3 Å². The third kappa shape index (κ3) is 5.27. The summed E-state index contributed by atoms with van der Waals surface area (Å²) in [6.45, 7) is 7.13. The lowest BCUT2D eigenvalue weighted by Gasteiger charge is -2.38. The fourth-order valence-electron chi connectivity index (χ4n) is 6.05. The van der Waals surface area contributed by atoms with Crippen LogP contribution in [0.15, 0.2) is 85.1 Å². The zero-order valence-corrected chi connectivity index (χ0v) is 22.6. The first-order chi connectivity index (χ1) is 19.4. The fraction of sp³-hybridized carbons (Fsp3) is 0.333. The number of likely N-dealkylation sites (tertiary alicyclic amines) is 1. The Hall–Kier alpha value is -3.94. The maximum absolute atomic E-state index is 13.1. The molecule has 3 heterocycles. The Bertz CT molecular complexity index is 1410. The van der Waals surface area contributed by atoms with Gasteiger partial charge in [-0.25, -0.2) is 0 Å². The summed E-state index contributed by atoms with van der Waals surface area (Å²) in [7, 11) is 0. The summed E-state index contributed by atoms with van der Waals surface area (Å²) in [6.07, 6.45) is 2.71. The second kappa shape index (κ2) is 10.9. The Morgan fingerprint density at radius 2 is 1.68 bits per heavy atom. The Balaban J connectivity index is 1.04. The molecule has 40 heavy (non-hydrogen) atoms. The van der Waals surface area contributed by atoms with E-state index in [0.29, 0.717) is 43.0 Å². The molecule has 7 nitrogen and oxygen atoms in total. The van der Waals surface area contributed by atoms with Crippen molar-refractivity contribution in [1.29, 1.82) is 0 Å². The highest BCUT2D eigenvalue weighted by molar-refractivity contribution is 6.02. The number of benzene rings is 3. The van der Waals surface area contributed by atoms with Crippen LogP contribution in [0.25, 0.3) is 0 Å². The van der Waals surface area contributed by atoms with Crippen molar-refractivity contribution in [3.8, 4) is 5.75 Å². The molecule has 206 valence electrons. The van der Waals surface area contributed by atoms with E-state index in [1.54, 1.807) is 11.0 Å². The number of rotatable bonds is 7. The molecule has 3 aromatic carbocycles. The molecule has 3 aliphatic heterocycles. The molecule has 1 unspecified atom stereocenters. The fourth-order valence-corrected chi connectivity index (χ4v) is 6.05. The van der Waals surface area contributed by atoms with Crippen molar-refractivity contribution >= 4 is 11.8 Å². The lowest BCUT2D eigenvalue weighted by molar-refractivity contribution is -0.126. The van der Waals surface area contributed by atoms with Crippen LogP contribution in [0.5, 0.6) is 5.75 Å². The van der Waals surface area contributed by atoms with Crippen LogP contribution in [-0.4, -0.2) is 45.9 Å². The van der Waals surface area contributed by atoms with Crippen molar-refractivity contribution in [3.63, 3.8) is 0 Å². The van der Waals surface area contributed by atoms with E-state index in [-0.39, 0.29) is 11.8 Å². The van der Waals surface area contributed by atoms with E-state index >= 15 is 0 Å². The van der Waals surface area contributed by atoms with E-state index in [2.05, 4.69) is 41.1 Å². The summed E-state index contributed by atoms with van der Waals surface area (Å²) in [5.41, 5.74) is 4.68. The quantitative estimate of drug-likeness (QED) is 0.464. The molecule has 7 heteroatoms. The van der Waals surface area contributed by atoms with Crippen LogP contribution < -0.4 is 10.1 Å². The van der Waals surface area contributed by atoms with E-state index in [9.17, 15) is 14.7 Å². The molecule has 0 aromatic heterocycles. The largest absolute Gasteiger partial charge is 0.489 e. The number of carbonyl (C=O) groups is 2. The molecule has 2 fully saturated rings. The van der Waals surface area contributed by atoms with Crippen molar-refractivity contribution < 1.29 is 19.4 Å². The van der Waals surface area contributed by atoms with E-state index in [4.69, 9.17) is 4.74 Å². The molecular weight excluding hydrogens is 502 g/mol. The highest BCUT2D eigenvalue weighted by Crippen LogP contribution is 2.35.